The second-order valence-corrected chi connectivity index (χ2v) is 6.58. The highest BCUT2D eigenvalue weighted by molar-refractivity contribution is 5.94. The van der Waals surface area contributed by atoms with Gasteiger partial charge in [0.15, 0.2) is 0 Å². The minimum absolute atomic E-state index is 0.0579. The van der Waals surface area contributed by atoms with Gasteiger partial charge in [-0.1, -0.05) is 0 Å². The molecular formula is C16H19FN2O. The Balaban J connectivity index is 1.49. The van der Waals surface area contributed by atoms with Crippen LogP contribution in [0.1, 0.15) is 23.2 Å². The van der Waals surface area contributed by atoms with Gasteiger partial charge in [0.2, 0.25) is 0 Å². The average molecular weight is 274 g/mol. The lowest BCUT2D eigenvalue weighted by Gasteiger charge is -2.55. The summed E-state index contributed by atoms with van der Waals surface area (Å²) in [6.45, 7) is 3.51. The summed E-state index contributed by atoms with van der Waals surface area (Å²) in [5, 5.41) is 3.21. The van der Waals surface area contributed by atoms with Gasteiger partial charge in [-0.25, -0.2) is 4.39 Å². The second kappa shape index (κ2) is 4.55. The van der Waals surface area contributed by atoms with Gasteiger partial charge in [-0.15, -0.1) is 0 Å². The van der Waals surface area contributed by atoms with Crippen molar-refractivity contribution < 1.29 is 9.18 Å². The Hall–Kier alpha value is -1.42. The van der Waals surface area contributed by atoms with E-state index in [4.69, 9.17) is 0 Å². The number of hydrogen-bond acceptors (Lipinski definition) is 2. The molecule has 106 valence electrons. The van der Waals surface area contributed by atoms with Crippen molar-refractivity contribution in [2.75, 3.05) is 19.6 Å². The maximum absolute atomic E-state index is 12.9. The van der Waals surface area contributed by atoms with Gasteiger partial charge in [0.1, 0.15) is 5.82 Å². The van der Waals surface area contributed by atoms with E-state index in [1.807, 2.05) is 0 Å². The van der Waals surface area contributed by atoms with Crippen molar-refractivity contribution >= 4 is 5.91 Å². The van der Waals surface area contributed by atoms with Crippen LogP contribution in [0.15, 0.2) is 24.3 Å². The van der Waals surface area contributed by atoms with Crippen LogP contribution in [0.4, 0.5) is 4.39 Å². The maximum atomic E-state index is 12.9. The smallest absolute Gasteiger partial charge is 0.251 e. The zero-order chi connectivity index (χ0) is 13.7. The van der Waals surface area contributed by atoms with E-state index in [1.165, 1.54) is 31.5 Å². The summed E-state index contributed by atoms with van der Waals surface area (Å²) in [4.78, 5) is 14.9. The molecule has 1 saturated carbocycles. The van der Waals surface area contributed by atoms with Crippen molar-refractivity contribution in [1.29, 1.82) is 0 Å². The highest BCUT2D eigenvalue weighted by Crippen LogP contribution is 2.43. The predicted molar refractivity (Wildman–Crippen MR) is 73.8 cm³/mol. The van der Waals surface area contributed by atoms with Crippen LogP contribution in [-0.2, 0) is 0 Å². The summed E-state index contributed by atoms with van der Waals surface area (Å²) in [7, 11) is 0. The van der Waals surface area contributed by atoms with E-state index < -0.39 is 0 Å². The van der Waals surface area contributed by atoms with Crippen LogP contribution in [0, 0.1) is 23.6 Å². The van der Waals surface area contributed by atoms with Crippen molar-refractivity contribution in [2.45, 2.75) is 18.9 Å². The van der Waals surface area contributed by atoms with Crippen molar-refractivity contribution in [3.63, 3.8) is 0 Å². The van der Waals surface area contributed by atoms with Crippen LogP contribution in [0.25, 0.3) is 0 Å². The third kappa shape index (κ3) is 2.03. The first-order chi connectivity index (χ1) is 9.69. The second-order valence-electron chi connectivity index (χ2n) is 6.58. The van der Waals surface area contributed by atoms with Gasteiger partial charge in [-0.05, 0) is 54.9 Å². The molecule has 5 atom stereocenters. The highest BCUT2D eigenvalue weighted by Gasteiger charge is 2.47. The molecule has 3 unspecified atom stereocenters. The number of benzene rings is 1. The lowest BCUT2D eigenvalue weighted by atomic mass is 9.65. The number of halogens is 1. The number of carbonyl (C=O) groups is 1. The number of rotatable bonds is 2. The van der Waals surface area contributed by atoms with E-state index in [0.29, 0.717) is 23.4 Å². The van der Waals surface area contributed by atoms with Crippen LogP contribution < -0.4 is 5.32 Å². The van der Waals surface area contributed by atoms with Gasteiger partial charge in [-0.3, -0.25) is 4.79 Å². The third-order valence-electron chi connectivity index (χ3n) is 5.19. The van der Waals surface area contributed by atoms with E-state index >= 15 is 0 Å². The maximum Gasteiger partial charge on any atom is 0.251 e. The van der Waals surface area contributed by atoms with Gasteiger partial charge in [0.25, 0.3) is 5.91 Å². The molecule has 20 heavy (non-hydrogen) atoms. The number of nitrogens with one attached hydrogen (secondary N) is 1. The van der Waals surface area contributed by atoms with Gasteiger partial charge < -0.3 is 10.2 Å². The number of piperidine rings is 3. The molecule has 3 heterocycles. The molecule has 4 bridgehead atoms. The summed E-state index contributed by atoms with van der Waals surface area (Å²) in [5.41, 5.74) is 0.556. The normalized spacial score (nSPS) is 38.0. The molecular weight excluding hydrogens is 255 g/mol. The Morgan fingerprint density at radius 2 is 1.75 bits per heavy atom. The monoisotopic (exact) mass is 274 g/mol. The Kier molecular flexibility index (Phi) is 2.81. The van der Waals surface area contributed by atoms with Crippen molar-refractivity contribution in [3.05, 3.63) is 35.6 Å². The quantitative estimate of drug-likeness (QED) is 0.893. The van der Waals surface area contributed by atoms with Crippen LogP contribution in [-0.4, -0.2) is 36.5 Å². The zero-order valence-corrected chi connectivity index (χ0v) is 11.4. The van der Waals surface area contributed by atoms with E-state index in [-0.39, 0.29) is 11.7 Å². The predicted octanol–water partition coefficient (Wildman–Crippen LogP) is 1.90. The van der Waals surface area contributed by atoms with E-state index in [9.17, 15) is 9.18 Å². The molecule has 4 fully saturated rings. The molecule has 5 rings (SSSR count). The SMILES string of the molecule is O=C(NC1[C@@H]2CC3C[C@H]1CN(C3)C2)c1ccc(F)cc1. The van der Waals surface area contributed by atoms with E-state index in [1.54, 1.807) is 12.1 Å². The summed E-state index contributed by atoms with van der Waals surface area (Å²) in [6.07, 6.45) is 2.50. The van der Waals surface area contributed by atoms with Crippen molar-refractivity contribution in [2.24, 2.45) is 17.8 Å². The molecule has 1 aromatic carbocycles. The first-order valence-electron chi connectivity index (χ1n) is 7.48. The molecule has 3 saturated heterocycles. The van der Waals surface area contributed by atoms with Gasteiger partial charge in [-0.2, -0.15) is 0 Å². The van der Waals surface area contributed by atoms with Crippen molar-refractivity contribution in [3.8, 4) is 0 Å². The first kappa shape index (κ1) is 12.3. The molecule has 0 radical (unpaired) electrons. The number of carbonyl (C=O) groups excluding carboxylic acids is 1. The number of nitrogens with zero attached hydrogens (tertiary/aromatic N) is 1. The van der Waals surface area contributed by atoms with Crippen LogP contribution >= 0.6 is 0 Å². The Labute approximate surface area is 118 Å². The van der Waals surface area contributed by atoms with E-state index in [2.05, 4.69) is 10.2 Å². The summed E-state index contributed by atoms with van der Waals surface area (Å²) < 4.78 is 12.9. The fraction of sp³-hybridized carbons (Fsp3) is 0.562. The molecule has 1 N–H and O–H groups in total. The third-order valence-corrected chi connectivity index (χ3v) is 5.19. The highest BCUT2D eigenvalue weighted by atomic mass is 19.1. The molecule has 0 aromatic heterocycles. The summed E-state index contributed by atoms with van der Waals surface area (Å²) in [5.74, 6) is 1.68. The molecule has 1 amide bonds. The molecule has 3 aliphatic heterocycles. The molecule has 4 heteroatoms. The van der Waals surface area contributed by atoms with Crippen LogP contribution in [0.2, 0.25) is 0 Å². The number of hydrogen-bond donors (Lipinski definition) is 1. The summed E-state index contributed by atoms with van der Waals surface area (Å²) in [6, 6.07) is 6.11. The molecule has 1 aliphatic carbocycles. The van der Waals surface area contributed by atoms with Gasteiger partial charge in [0, 0.05) is 31.2 Å². The fourth-order valence-electron chi connectivity index (χ4n) is 4.48. The van der Waals surface area contributed by atoms with E-state index in [0.717, 1.165) is 19.0 Å². The average Bonchev–Trinajstić information content (AvgIpc) is 2.42. The zero-order valence-electron chi connectivity index (χ0n) is 11.4. The van der Waals surface area contributed by atoms with Gasteiger partial charge >= 0.3 is 0 Å². The minimum Gasteiger partial charge on any atom is -0.349 e. The first-order valence-corrected chi connectivity index (χ1v) is 7.48. The standard InChI is InChI=1S/C16H19FN2O/c17-14-3-1-11(2-4-14)16(20)18-15-12-5-10-6-13(15)9-19(7-10)8-12/h1-4,10,12-13,15H,5-9H2,(H,18,20)/t10?,12-,13+,15?. The molecule has 3 nitrogen and oxygen atoms in total. The Morgan fingerprint density at radius 3 is 2.35 bits per heavy atom. The molecule has 1 aromatic rings. The Bertz CT molecular complexity index is 500. The van der Waals surface area contributed by atoms with Crippen molar-refractivity contribution in [1.82, 2.24) is 10.2 Å². The van der Waals surface area contributed by atoms with Crippen LogP contribution in [0.5, 0.6) is 0 Å². The summed E-state index contributed by atoms with van der Waals surface area (Å²) >= 11 is 0. The lowest BCUT2D eigenvalue weighted by Crippen LogP contribution is -2.64. The van der Waals surface area contributed by atoms with Crippen LogP contribution in [0.3, 0.4) is 0 Å². The van der Waals surface area contributed by atoms with Gasteiger partial charge in [0.05, 0.1) is 0 Å². The minimum atomic E-state index is -0.302. The Morgan fingerprint density at radius 1 is 1.10 bits per heavy atom. The fourth-order valence-corrected chi connectivity index (χ4v) is 4.48. The lowest BCUT2D eigenvalue weighted by molar-refractivity contribution is -0.0418. The molecule has 0 spiro atoms. The molecule has 4 aliphatic rings. The number of amides is 1. The topological polar surface area (TPSA) is 32.3 Å². The largest absolute Gasteiger partial charge is 0.349 e.